The average Bonchev–Trinajstić information content (AvgIpc) is 3.18. The monoisotopic (exact) mass is 363 g/mol. The topological polar surface area (TPSA) is 35.6 Å². The molecule has 0 spiro atoms. The predicted octanol–water partition coefficient (Wildman–Crippen LogP) is 2.96. The van der Waals surface area contributed by atoms with Gasteiger partial charge in [-0.15, -0.1) is 0 Å². The second-order valence-electron chi connectivity index (χ2n) is 7.88. The molecule has 0 saturated carbocycles. The van der Waals surface area contributed by atoms with Crippen LogP contribution in [0.5, 0.6) is 0 Å². The molecule has 4 heteroatoms. The molecule has 2 aromatic carbocycles. The summed E-state index contributed by atoms with van der Waals surface area (Å²) in [6.45, 7) is 9.38. The Kier molecular flexibility index (Phi) is 5.17. The van der Waals surface area contributed by atoms with E-state index in [0.717, 1.165) is 39.3 Å². The molecule has 2 aliphatic heterocycles. The summed E-state index contributed by atoms with van der Waals surface area (Å²) < 4.78 is 0. The first kappa shape index (κ1) is 18.1. The molecule has 2 unspecified atom stereocenters. The zero-order valence-electron chi connectivity index (χ0n) is 16.3. The summed E-state index contributed by atoms with van der Waals surface area (Å²) in [7, 11) is 0. The predicted molar refractivity (Wildman–Crippen MR) is 110 cm³/mol. The number of piperazine rings is 1. The third kappa shape index (κ3) is 3.72. The van der Waals surface area contributed by atoms with E-state index in [-0.39, 0.29) is 11.8 Å². The summed E-state index contributed by atoms with van der Waals surface area (Å²) in [5, 5.41) is 3.44. The lowest BCUT2D eigenvalue weighted by molar-refractivity contribution is -0.135. The average molecular weight is 364 g/mol. The van der Waals surface area contributed by atoms with Crippen molar-refractivity contribution in [1.82, 2.24) is 10.2 Å². The van der Waals surface area contributed by atoms with Gasteiger partial charge in [-0.3, -0.25) is 4.79 Å². The number of nitrogens with zero attached hydrogens (tertiary/aromatic N) is 2. The fourth-order valence-corrected chi connectivity index (χ4v) is 4.42. The van der Waals surface area contributed by atoms with E-state index in [9.17, 15) is 4.79 Å². The minimum Gasteiger partial charge on any atom is -0.368 e. The summed E-state index contributed by atoms with van der Waals surface area (Å²) in [5.41, 5.74) is 5.14. The van der Waals surface area contributed by atoms with Gasteiger partial charge in [-0.25, -0.2) is 0 Å². The quantitative estimate of drug-likeness (QED) is 0.911. The molecule has 2 saturated heterocycles. The third-order valence-electron chi connectivity index (χ3n) is 6.08. The number of rotatable bonds is 3. The van der Waals surface area contributed by atoms with Crippen molar-refractivity contribution in [3.05, 3.63) is 65.2 Å². The first-order chi connectivity index (χ1) is 13.1. The van der Waals surface area contributed by atoms with Gasteiger partial charge in [0, 0.05) is 50.9 Å². The minimum atomic E-state index is 0.0534. The first-order valence-electron chi connectivity index (χ1n) is 10.00. The smallest absolute Gasteiger partial charge is 0.227 e. The molecule has 0 aliphatic carbocycles. The summed E-state index contributed by atoms with van der Waals surface area (Å²) in [5.74, 6) is 0.653. The lowest BCUT2D eigenvalue weighted by Crippen LogP contribution is -2.51. The number of aryl methyl sites for hydroxylation is 2. The fourth-order valence-electron chi connectivity index (χ4n) is 4.42. The standard InChI is InChI=1S/C23H29N3O/c1-17-7-9-19(10-8-17)20-15-24-16-21(20)23(27)26-13-11-25(12-14-26)22-6-4-3-5-18(22)2/h3-10,20-21,24H,11-16H2,1-2H3. The van der Waals surface area contributed by atoms with Gasteiger partial charge in [0.05, 0.1) is 5.92 Å². The van der Waals surface area contributed by atoms with Crippen LogP contribution >= 0.6 is 0 Å². The van der Waals surface area contributed by atoms with Crippen molar-refractivity contribution in [3.63, 3.8) is 0 Å². The maximum absolute atomic E-state index is 13.2. The number of amides is 1. The number of anilines is 1. The molecular weight excluding hydrogens is 334 g/mol. The van der Waals surface area contributed by atoms with Gasteiger partial charge in [0.1, 0.15) is 0 Å². The second kappa shape index (κ2) is 7.73. The molecule has 2 aromatic rings. The summed E-state index contributed by atoms with van der Waals surface area (Å²) in [4.78, 5) is 17.7. The van der Waals surface area contributed by atoms with Crippen LogP contribution in [0.1, 0.15) is 22.6 Å². The molecule has 0 bridgehead atoms. The Morgan fingerprint density at radius 2 is 1.63 bits per heavy atom. The maximum atomic E-state index is 13.2. The highest BCUT2D eigenvalue weighted by Gasteiger charge is 2.37. The molecular formula is C23H29N3O. The molecule has 2 fully saturated rings. The van der Waals surface area contributed by atoms with Crippen molar-refractivity contribution >= 4 is 11.6 Å². The molecule has 4 rings (SSSR count). The Morgan fingerprint density at radius 1 is 0.926 bits per heavy atom. The van der Waals surface area contributed by atoms with E-state index in [1.54, 1.807) is 0 Å². The first-order valence-corrected chi connectivity index (χ1v) is 10.00. The summed E-state index contributed by atoms with van der Waals surface area (Å²) in [6.07, 6.45) is 0. The Morgan fingerprint density at radius 3 is 2.33 bits per heavy atom. The lowest BCUT2D eigenvalue weighted by atomic mass is 9.87. The van der Waals surface area contributed by atoms with Crippen LogP contribution in [0.15, 0.2) is 48.5 Å². The number of carbonyl (C=O) groups is 1. The van der Waals surface area contributed by atoms with E-state index >= 15 is 0 Å². The zero-order valence-corrected chi connectivity index (χ0v) is 16.3. The van der Waals surface area contributed by atoms with Crippen molar-refractivity contribution in [1.29, 1.82) is 0 Å². The van der Waals surface area contributed by atoms with Gasteiger partial charge in [-0.2, -0.15) is 0 Å². The molecule has 27 heavy (non-hydrogen) atoms. The molecule has 2 atom stereocenters. The van der Waals surface area contributed by atoms with Crippen molar-refractivity contribution in [2.45, 2.75) is 19.8 Å². The Hall–Kier alpha value is -2.33. The summed E-state index contributed by atoms with van der Waals surface area (Å²) >= 11 is 0. The highest BCUT2D eigenvalue weighted by molar-refractivity contribution is 5.81. The highest BCUT2D eigenvalue weighted by atomic mass is 16.2. The number of nitrogens with one attached hydrogen (secondary N) is 1. The normalized spacial score (nSPS) is 22.9. The van der Waals surface area contributed by atoms with Gasteiger partial charge in [-0.05, 0) is 31.0 Å². The van der Waals surface area contributed by atoms with E-state index in [2.05, 4.69) is 77.5 Å². The molecule has 0 aromatic heterocycles. The van der Waals surface area contributed by atoms with Crippen LogP contribution in [0, 0.1) is 19.8 Å². The van der Waals surface area contributed by atoms with Crippen LogP contribution in [-0.2, 0) is 4.79 Å². The van der Waals surface area contributed by atoms with E-state index < -0.39 is 0 Å². The number of hydrogen-bond donors (Lipinski definition) is 1. The maximum Gasteiger partial charge on any atom is 0.227 e. The van der Waals surface area contributed by atoms with Gasteiger partial charge in [-0.1, -0.05) is 48.0 Å². The number of carbonyl (C=O) groups excluding carboxylic acids is 1. The zero-order chi connectivity index (χ0) is 18.8. The minimum absolute atomic E-state index is 0.0534. The SMILES string of the molecule is Cc1ccc(C2CNCC2C(=O)N2CCN(c3ccccc3C)CC2)cc1. The fraction of sp³-hybridized carbons (Fsp3) is 0.435. The number of benzene rings is 2. The molecule has 2 heterocycles. The molecule has 4 nitrogen and oxygen atoms in total. The van der Waals surface area contributed by atoms with Crippen LogP contribution in [0.3, 0.4) is 0 Å². The second-order valence-corrected chi connectivity index (χ2v) is 7.88. The Labute approximate surface area is 162 Å². The van der Waals surface area contributed by atoms with Crippen LogP contribution < -0.4 is 10.2 Å². The van der Waals surface area contributed by atoms with Crippen molar-refractivity contribution in [2.24, 2.45) is 5.92 Å². The Balaban J connectivity index is 1.41. The number of hydrogen-bond acceptors (Lipinski definition) is 3. The largest absolute Gasteiger partial charge is 0.368 e. The molecule has 1 N–H and O–H groups in total. The highest BCUT2D eigenvalue weighted by Crippen LogP contribution is 2.30. The van der Waals surface area contributed by atoms with Gasteiger partial charge in [0.15, 0.2) is 0 Å². The van der Waals surface area contributed by atoms with E-state index in [0.29, 0.717) is 5.91 Å². The van der Waals surface area contributed by atoms with E-state index in [1.165, 1.54) is 22.4 Å². The molecule has 142 valence electrons. The van der Waals surface area contributed by atoms with Gasteiger partial charge >= 0.3 is 0 Å². The van der Waals surface area contributed by atoms with Crippen LogP contribution in [0.2, 0.25) is 0 Å². The lowest BCUT2D eigenvalue weighted by Gasteiger charge is -2.38. The van der Waals surface area contributed by atoms with E-state index in [4.69, 9.17) is 0 Å². The molecule has 2 aliphatic rings. The van der Waals surface area contributed by atoms with Crippen LogP contribution in [-0.4, -0.2) is 50.1 Å². The van der Waals surface area contributed by atoms with Gasteiger partial charge in [0.2, 0.25) is 5.91 Å². The van der Waals surface area contributed by atoms with Crippen LogP contribution in [0.25, 0.3) is 0 Å². The van der Waals surface area contributed by atoms with Crippen molar-refractivity contribution in [3.8, 4) is 0 Å². The van der Waals surface area contributed by atoms with Gasteiger partial charge in [0.25, 0.3) is 0 Å². The third-order valence-corrected chi connectivity index (χ3v) is 6.08. The van der Waals surface area contributed by atoms with Gasteiger partial charge < -0.3 is 15.1 Å². The van der Waals surface area contributed by atoms with Crippen molar-refractivity contribution in [2.75, 3.05) is 44.2 Å². The number of para-hydroxylation sites is 1. The van der Waals surface area contributed by atoms with Crippen molar-refractivity contribution < 1.29 is 4.79 Å². The Bertz CT molecular complexity index is 794. The summed E-state index contributed by atoms with van der Waals surface area (Å²) in [6, 6.07) is 17.2. The van der Waals surface area contributed by atoms with E-state index in [1.807, 2.05) is 0 Å². The molecule has 1 amide bonds. The molecule has 0 radical (unpaired) electrons. The van der Waals surface area contributed by atoms with Crippen LogP contribution in [0.4, 0.5) is 5.69 Å².